The van der Waals surface area contributed by atoms with Gasteiger partial charge in [0.25, 0.3) is 0 Å². The third-order valence-electron chi connectivity index (χ3n) is 9.74. The van der Waals surface area contributed by atoms with Crippen molar-refractivity contribution in [2.75, 3.05) is 7.11 Å². The van der Waals surface area contributed by atoms with Gasteiger partial charge in [-0.1, -0.05) is 33.1 Å². The Bertz CT molecular complexity index is 903. The van der Waals surface area contributed by atoms with E-state index in [2.05, 4.69) is 25.0 Å². The maximum absolute atomic E-state index is 13.5. The summed E-state index contributed by atoms with van der Waals surface area (Å²) in [5.74, 6) is 2.58. The summed E-state index contributed by atoms with van der Waals surface area (Å²) in [6.45, 7) is 6.75. The molecule has 0 bridgehead atoms. The topological polar surface area (TPSA) is 88.1 Å². The number of hydrogen-bond acceptors (Lipinski definition) is 5. The van der Waals surface area contributed by atoms with Crippen LogP contribution in [-0.2, 0) is 16.1 Å². The van der Waals surface area contributed by atoms with E-state index in [1.165, 1.54) is 25.5 Å². The molecule has 6 heteroatoms. The Morgan fingerprint density at radius 2 is 2.15 bits per heavy atom. The average molecular weight is 470 g/mol. The third-order valence-corrected chi connectivity index (χ3v) is 9.74. The molecule has 4 rings (SSSR count). The van der Waals surface area contributed by atoms with Crippen LogP contribution in [-0.4, -0.2) is 39.5 Å². The molecule has 188 valence electrons. The number of carbonyl (C=O) groups excluding carboxylic acids is 1. The lowest BCUT2D eigenvalue weighted by molar-refractivity contribution is -0.150. The lowest BCUT2D eigenvalue weighted by Gasteiger charge is -2.55. The van der Waals surface area contributed by atoms with Gasteiger partial charge in [-0.25, -0.2) is 0 Å². The molecule has 3 fully saturated rings. The van der Waals surface area contributed by atoms with Gasteiger partial charge in [-0.3, -0.25) is 9.48 Å². The number of nitriles is 1. The fourth-order valence-electron chi connectivity index (χ4n) is 8.18. The predicted octanol–water partition coefficient (Wildman–Crippen LogP) is 5.14. The Morgan fingerprint density at radius 3 is 2.82 bits per heavy atom. The fourth-order valence-corrected chi connectivity index (χ4v) is 8.18. The first-order chi connectivity index (χ1) is 16.2. The summed E-state index contributed by atoms with van der Waals surface area (Å²) in [6.07, 6.45) is 13.9. The maximum atomic E-state index is 13.5. The number of Topliss-reactive ketones (excluding diaryl/α,β-unsaturated/α-hetero) is 1. The smallest absolute Gasteiger partial charge is 0.157 e. The van der Waals surface area contributed by atoms with E-state index in [-0.39, 0.29) is 29.8 Å². The van der Waals surface area contributed by atoms with Gasteiger partial charge in [-0.2, -0.15) is 10.4 Å². The zero-order valence-corrected chi connectivity index (χ0v) is 21.5. The lowest BCUT2D eigenvalue weighted by Crippen LogP contribution is -2.54. The fraction of sp³-hybridized carbons (Fsp3) is 0.821. The Balaban J connectivity index is 1.45. The van der Waals surface area contributed by atoms with Crippen molar-refractivity contribution in [2.45, 2.75) is 103 Å². The Labute approximate surface area is 205 Å². The SMILES string of the molecule is CCCCC(C)(O)C[C@@H]1CC[C@@H]2[C@@H](C1)C[C@H](OC)[C@]1(C)[C@@H](C(=O)Cn3cc(C#N)cn3)CC[C@@H]21. The number of aromatic nitrogens is 2. The number of rotatable bonds is 9. The first-order valence-electron chi connectivity index (χ1n) is 13.4. The number of fused-ring (bicyclic) bond motifs is 3. The molecule has 6 nitrogen and oxygen atoms in total. The summed E-state index contributed by atoms with van der Waals surface area (Å²) in [5.41, 5.74) is -0.207. The number of aliphatic hydroxyl groups is 1. The molecule has 3 aliphatic carbocycles. The highest BCUT2D eigenvalue weighted by atomic mass is 16.5. The summed E-state index contributed by atoms with van der Waals surface area (Å²) in [7, 11) is 1.82. The van der Waals surface area contributed by atoms with Crippen LogP contribution in [0.15, 0.2) is 12.4 Å². The van der Waals surface area contributed by atoms with Gasteiger partial charge in [0.2, 0.25) is 0 Å². The van der Waals surface area contributed by atoms with Gasteiger partial charge in [-0.05, 0) is 75.5 Å². The normalized spacial score (nSPS) is 36.8. The standard InChI is InChI=1S/C28H43N3O3/c1-5-6-11-27(2,33)14-19-7-8-22-21(12-19)13-26(34-4)28(3)23(22)9-10-24(28)25(32)18-31-17-20(15-29)16-30-31/h16-17,19,21-24,26,33H,5-14,18H2,1-4H3/t19-,21+,22-,23+,24-,26+,27?,28+/m1/s1. The molecule has 8 atom stereocenters. The van der Waals surface area contributed by atoms with Crippen LogP contribution in [0.2, 0.25) is 0 Å². The van der Waals surface area contributed by atoms with Crippen molar-refractivity contribution in [2.24, 2.45) is 35.0 Å². The number of nitrogens with zero attached hydrogens (tertiary/aromatic N) is 3. The van der Waals surface area contributed by atoms with Gasteiger partial charge < -0.3 is 9.84 Å². The zero-order valence-electron chi connectivity index (χ0n) is 21.5. The van der Waals surface area contributed by atoms with Crippen LogP contribution < -0.4 is 0 Å². The van der Waals surface area contributed by atoms with Crippen LogP contribution in [0, 0.1) is 46.3 Å². The van der Waals surface area contributed by atoms with Crippen molar-refractivity contribution in [3.8, 4) is 6.07 Å². The molecule has 0 saturated heterocycles. The molecular formula is C28H43N3O3. The maximum Gasteiger partial charge on any atom is 0.157 e. The van der Waals surface area contributed by atoms with E-state index in [0.29, 0.717) is 29.2 Å². The van der Waals surface area contributed by atoms with Crippen LogP contribution in [0.5, 0.6) is 0 Å². The number of methoxy groups -OCH3 is 1. The number of hydrogen-bond donors (Lipinski definition) is 1. The van der Waals surface area contributed by atoms with Gasteiger partial charge in [0.05, 0.1) is 30.0 Å². The highest BCUT2D eigenvalue weighted by Crippen LogP contribution is 2.63. The Hall–Kier alpha value is -1.71. The molecule has 1 unspecified atom stereocenters. The van der Waals surface area contributed by atoms with E-state index >= 15 is 0 Å². The lowest BCUT2D eigenvalue weighted by atomic mass is 9.52. The van der Waals surface area contributed by atoms with Crippen LogP contribution in [0.4, 0.5) is 0 Å². The van der Waals surface area contributed by atoms with Gasteiger partial charge in [-0.15, -0.1) is 0 Å². The minimum atomic E-state index is -0.555. The van der Waals surface area contributed by atoms with E-state index in [9.17, 15) is 9.90 Å². The highest BCUT2D eigenvalue weighted by molar-refractivity contribution is 5.82. The second-order valence-electron chi connectivity index (χ2n) is 12.0. The number of carbonyl (C=O) groups is 1. The minimum absolute atomic E-state index is 0.0226. The van der Waals surface area contributed by atoms with Crippen molar-refractivity contribution in [1.29, 1.82) is 5.26 Å². The Morgan fingerprint density at radius 1 is 1.35 bits per heavy atom. The number of ether oxygens (including phenoxy) is 1. The number of ketones is 1. The van der Waals surface area contributed by atoms with E-state index in [1.807, 2.05) is 14.0 Å². The average Bonchev–Trinajstić information content (AvgIpc) is 3.40. The largest absolute Gasteiger partial charge is 0.390 e. The van der Waals surface area contributed by atoms with Crippen LogP contribution in [0.25, 0.3) is 0 Å². The first kappa shape index (κ1) is 25.4. The molecule has 0 aliphatic heterocycles. The second-order valence-corrected chi connectivity index (χ2v) is 12.0. The van der Waals surface area contributed by atoms with Crippen LogP contribution >= 0.6 is 0 Å². The molecule has 0 amide bonds. The van der Waals surface area contributed by atoms with E-state index < -0.39 is 5.60 Å². The molecule has 1 heterocycles. The summed E-state index contributed by atoms with van der Waals surface area (Å²) in [4.78, 5) is 13.5. The molecule has 1 aromatic rings. The molecule has 1 N–H and O–H groups in total. The predicted molar refractivity (Wildman–Crippen MR) is 131 cm³/mol. The van der Waals surface area contributed by atoms with Crippen molar-refractivity contribution >= 4 is 5.78 Å². The van der Waals surface area contributed by atoms with E-state index in [0.717, 1.165) is 44.9 Å². The molecule has 0 aromatic carbocycles. The first-order valence-corrected chi connectivity index (χ1v) is 13.4. The van der Waals surface area contributed by atoms with Crippen molar-refractivity contribution in [1.82, 2.24) is 9.78 Å². The molecule has 0 spiro atoms. The molecule has 34 heavy (non-hydrogen) atoms. The highest BCUT2D eigenvalue weighted by Gasteiger charge is 2.61. The van der Waals surface area contributed by atoms with Crippen molar-refractivity contribution in [3.05, 3.63) is 18.0 Å². The molecule has 0 radical (unpaired) electrons. The van der Waals surface area contributed by atoms with E-state index in [4.69, 9.17) is 10.00 Å². The third kappa shape index (κ3) is 4.84. The van der Waals surface area contributed by atoms with Crippen LogP contribution in [0.3, 0.4) is 0 Å². The molecule has 3 saturated carbocycles. The van der Waals surface area contributed by atoms with Gasteiger partial charge >= 0.3 is 0 Å². The minimum Gasteiger partial charge on any atom is -0.390 e. The number of unbranched alkanes of at least 4 members (excludes halogenated alkanes) is 1. The molecule has 1 aromatic heterocycles. The summed E-state index contributed by atoms with van der Waals surface area (Å²) in [6, 6.07) is 2.09. The van der Waals surface area contributed by atoms with E-state index in [1.54, 1.807) is 10.9 Å². The molecular weight excluding hydrogens is 426 g/mol. The van der Waals surface area contributed by atoms with Crippen LogP contribution in [0.1, 0.15) is 90.5 Å². The van der Waals surface area contributed by atoms with Gasteiger partial charge in [0, 0.05) is 24.6 Å². The summed E-state index contributed by atoms with van der Waals surface area (Å²) in [5, 5.41) is 24.2. The monoisotopic (exact) mass is 469 g/mol. The summed E-state index contributed by atoms with van der Waals surface area (Å²) < 4.78 is 7.74. The zero-order chi connectivity index (χ0) is 24.5. The Kier molecular flexibility index (Phi) is 7.55. The van der Waals surface area contributed by atoms with Gasteiger partial charge in [0.1, 0.15) is 6.07 Å². The van der Waals surface area contributed by atoms with Crippen molar-refractivity contribution in [3.63, 3.8) is 0 Å². The second kappa shape index (κ2) is 10.1. The van der Waals surface area contributed by atoms with Crippen molar-refractivity contribution < 1.29 is 14.6 Å². The molecule has 3 aliphatic rings. The quantitative estimate of drug-likeness (QED) is 0.541. The summed E-state index contributed by atoms with van der Waals surface area (Å²) >= 11 is 0. The van der Waals surface area contributed by atoms with Gasteiger partial charge in [0.15, 0.2) is 5.78 Å².